The van der Waals surface area contributed by atoms with Gasteiger partial charge in [-0.1, -0.05) is 11.3 Å². The minimum Gasteiger partial charge on any atom is -0.382 e. The predicted molar refractivity (Wildman–Crippen MR) is 80.3 cm³/mol. The molecule has 0 saturated carbocycles. The number of hydrogen-bond acceptors (Lipinski definition) is 5. The van der Waals surface area contributed by atoms with Crippen LogP contribution in [0, 0.1) is 11.6 Å². The fourth-order valence-electron chi connectivity index (χ4n) is 1.74. The maximum atomic E-state index is 13.5. The number of Topliss-reactive ketones (excluding diaryl/α,β-unsaturated/α-hetero) is 1. The van der Waals surface area contributed by atoms with E-state index in [1.807, 2.05) is 0 Å². The lowest BCUT2D eigenvalue weighted by atomic mass is 10.0. The quantitative estimate of drug-likeness (QED) is 0.812. The van der Waals surface area contributed by atoms with Crippen LogP contribution in [0.5, 0.6) is 0 Å². The van der Waals surface area contributed by atoms with E-state index in [1.54, 1.807) is 0 Å². The first-order chi connectivity index (χ1) is 10.2. The van der Waals surface area contributed by atoms with Gasteiger partial charge in [0.2, 0.25) is 0 Å². The van der Waals surface area contributed by atoms with Gasteiger partial charge in [0, 0.05) is 18.2 Å². The van der Waals surface area contributed by atoms with E-state index in [9.17, 15) is 18.0 Å². The van der Waals surface area contributed by atoms with Crippen molar-refractivity contribution >= 4 is 33.8 Å². The maximum absolute atomic E-state index is 13.5. The Labute approximate surface area is 129 Å². The molecule has 1 heterocycles. The molecule has 0 atom stereocenters. The van der Waals surface area contributed by atoms with Gasteiger partial charge in [-0.05, 0) is 26.0 Å². The number of halogens is 3. The molecule has 0 aliphatic rings. The van der Waals surface area contributed by atoms with Gasteiger partial charge in [-0.15, -0.1) is 0 Å². The number of rotatable bonds is 5. The Morgan fingerprint density at radius 1 is 1.36 bits per heavy atom. The summed E-state index contributed by atoms with van der Waals surface area (Å²) in [7, 11) is 0. The van der Waals surface area contributed by atoms with Gasteiger partial charge in [0.05, 0.1) is 0 Å². The summed E-state index contributed by atoms with van der Waals surface area (Å²) >= 11 is 0.934. The van der Waals surface area contributed by atoms with E-state index >= 15 is 0 Å². The Hall–Kier alpha value is -2.09. The van der Waals surface area contributed by atoms with Crippen LogP contribution in [0.15, 0.2) is 18.2 Å². The molecule has 118 valence electrons. The molecule has 4 nitrogen and oxygen atoms in total. The Kier molecular flexibility index (Phi) is 4.41. The molecular weight excluding hydrogens is 315 g/mol. The number of carbonyl (C=O) groups excluding carboxylic acids is 1. The number of nitrogens with zero attached hydrogens (tertiary/aromatic N) is 1. The highest BCUT2D eigenvalue weighted by Gasteiger charge is 2.25. The monoisotopic (exact) mass is 329 g/mol. The van der Waals surface area contributed by atoms with Crippen molar-refractivity contribution in [2.45, 2.75) is 25.9 Å². The molecule has 0 spiro atoms. The number of nitrogens with two attached hydrogens (primary N) is 1. The number of thiazole rings is 1. The molecular formula is C14H14F3N3OS. The first-order valence-electron chi connectivity index (χ1n) is 6.36. The van der Waals surface area contributed by atoms with E-state index < -0.39 is 23.1 Å². The van der Waals surface area contributed by atoms with E-state index in [0.29, 0.717) is 0 Å². The van der Waals surface area contributed by atoms with Crippen LogP contribution in [0.4, 0.5) is 29.8 Å². The van der Waals surface area contributed by atoms with Crippen LogP contribution in [0.25, 0.3) is 0 Å². The number of alkyl halides is 1. The number of hydrogen-bond donors (Lipinski definition) is 2. The van der Waals surface area contributed by atoms with Crippen LogP contribution in [-0.4, -0.2) is 16.4 Å². The van der Waals surface area contributed by atoms with Crippen molar-refractivity contribution in [3.8, 4) is 0 Å². The highest BCUT2D eigenvalue weighted by molar-refractivity contribution is 7.18. The number of carbonyl (C=O) groups is 1. The summed E-state index contributed by atoms with van der Waals surface area (Å²) in [6, 6.07) is 3.24. The molecule has 0 unspecified atom stereocenters. The maximum Gasteiger partial charge on any atom is 0.189 e. The van der Waals surface area contributed by atoms with E-state index in [0.717, 1.165) is 23.5 Å². The van der Waals surface area contributed by atoms with Crippen molar-refractivity contribution in [1.82, 2.24) is 4.98 Å². The summed E-state index contributed by atoms with van der Waals surface area (Å²) in [5.41, 5.74) is 4.26. The first-order valence-corrected chi connectivity index (χ1v) is 7.18. The number of nitrogen functional groups attached to an aromatic ring is 1. The summed E-state index contributed by atoms with van der Waals surface area (Å²) in [5.74, 6) is -2.46. The molecule has 0 saturated heterocycles. The van der Waals surface area contributed by atoms with Crippen LogP contribution >= 0.6 is 11.3 Å². The number of anilines is 3. The molecule has 2 aromatic rings. The average molecular weight is 329 g/mol. The molecule has 0 radical (unpaired) electrons. The van der Waals surface area contributed by atoms with Crippen molar-refractivity contribution in [3.63, 3.8) is 0 Å². The van der Waals surface area contributed by atoms with Gasteiger partial charge in [-0.25, -0.2) is 18.2 Å². The van der Waals surface area contributed by atoms with E-state index in [2.05, 4.69) is 10.3 Å². The SMILES string of the molecule is CC(C)(F)CC(=O)c1sc(Nc2ccc(F)c(F)c2)nc1N. The molecule has 3 N–H and O–H groups in total. The molecule has 1 aromatic carbocycles. The zero-order valence-corrected chi connectivity index (χ0v) is 12.7. The zero-order chi connectivity index (χ0) is 16.5. The molecule has 8 heteroatoms. The molecule has 22 heavy (non-hydrogen) atoms. The third-order valence-corrected chi connectivity index (χ3v) is 3.69. The fourth-order valence-corrected chi connectivity index (χ4v) is 2.59. The summed E-state index contributed by atoms with van der Waals surface area (Å²) in [6.45, 7) is 2.59. The van der Waals surface area contributed by atoms with E-state index in [1.165, 1.54) is 19.9 Å². The lowest BCUT2D eigenvalue weighted by Crippen LogP contribution is -2.18. The van der Waals surface area contributed by atoms with Crippen molar-refractivity contribution in [2.24, 2.45) is 0 Å². The average Bonchev–Trinajstić information content (AvgIpc) is 2.73. The Bertz CT molecular complexity index is 710. The largest absolute Gasteiger partial charge is 0.382 e. The Balaban J connectivity index is 2.19. The van der Waals surface area contributed by atoms with Crippen molar-refractivity contribution in [2.75, 3.05) is 11.1 Å². The molecule has 0 aliphatic carbocycles. The molecule has 0 amide bonds. The third-order valence-electron chi connectivity index (χ3n) is 2.66. The molecule has 0 fully saturated rings. The summed E-state index contributed by atoms with van der Waals surface area (Å²) < 4.78 is 39.5. The molecule has 1 aromatic heterocycles. The third kappa shape index (κ3) is 3.97. The molecule has 2 rings (SSSR count). The van der Waals surface area contributed by atoms with Gasteiger partial charge < -0.3 is 11.1 Å². The standard InChI is InChI=1S/C14H14F3N3OS/c1-14(2,17)6-10(21)11-12(18)20-13(22-11)19-7-3-4-8(15)9(16)5-7/h3-5H,6,18H2,1-2H3,(H,19,20). The minimum absolute atomic E-state index is 0.0238. The van der Waals surface area contributed by atoms with Crippen molar-refractivity contribution in [3.05, 3.63) is 34.7 Å². The highest BCUT2D eigenvalue weighted by atomic mass is 32.1. The lowest BCUT2D eigenvalue weighted by molar-refractivity contribution is 0.0897. The highest BCUT2D eigenvalue weighted by Crippen LogP contribution is 2.30. The van der Waals surface area contributed by atoms with Gasteiger partial charge in [-0.2, -0.15) is 0 Å². The Morgan fingerprint density at radius 3 is 2.64 bits per heavy atom. The topological polar surface area (TPSA) is 68.0 Å². The van der Waals surface area contributed by atoms with Crippen LogP contribution in [0.2, 0.25) is 0 Å². The number of aromatic nitrogens is 1. The minimum atomic E-state index is -1.65. The molecule has 0 bridgehead atoms. The van der Waals surface area contributed by atoms with Gasteiger partial charge >= 0.3 is 0 Å². The lowest BCUT2D eigenvalue weighted by Gasteiger charge is -2.11. The van der Waals surface area contributed by atoms with E-state index in [-0.39, 0.29) is 27.9 Å². The predicted octanol–water partition coefficient (Wildman–Crippen LogP) is 4.07. The first kappa shape index (κ1) is 16.3. The number of benzene rings is 1. The van der Waals surface area contributed by atoms with Gasteiger partial charge in [0.25, 0.3) is 0 Å². The second-order valence-electron chi connectivity index (χ2n) is 5.31. The van der Waals surface area contributed by atoms with Crippen LogP contribution in [-0.2, 0) is 0 Å². The summed E-state index contributed by atoms with van der Waals surface area (Å²) in [6.07, 6.45) is -0.315. The van der Waals surface area contributed by atoms with Crippen LogP contribution in [0.3, 0.4) is 0 Å². The van der Waals surface area contributed by atoms with Gasteiger partial charge in [-0.3, -0.25) is 4.79 Å². The van der Waals surface area contributed by atoms with Crippen molar-refractivity contribution < 1.29 is 18.0 Å². The number of nitrogens with one attached hydrogen (secondary N) is 1. The summed E-state index contributed by atoms with van der Waals surface area (Å²) in [4.78, 5) is 16.0. The van der Waals surface area contributed by atoms with Gasteiger partial charge in [0.15, 0.2) is 22.5 Å². The zero-order valence-electron chi connectivity index (χ0n) is 11.9. The smallest absolute Gasteiger partial charge is 0.189 e. The summed E-state index contributed by atoms with van der Waals surface area (Å²) in [5, 5.41) is 2.97. The van der Waals surface area contributed by atoms with Crippen LogP contribution < -0.4 is 11.1 Å². The van der Waals surface area contributed by atoms with Crippen LogP contribution in [0.1, 0.15) is 29.9 Å². The number of ketones is 1. The fraction of sp³-hybridized carbons (Fsp3) is 0.286. The normalized spacial score (nSPS) is 11.5. The molecule has 0 aliphatic heterocycles. The van der Waals surface area contributed by atoms with E-state index in [4.69, 9.17) is 5.73 Å². The Morgan fingerprint density at radius 2 is 2.05 bits per heavy atom. The second-order valence-corrected chi connectivity index (χ2v) is 6.30. The second kappa shape index (κ2) is 5.96. The van der Waals surface area contributed by atoms with Crippen molar-refractivity contribution in [1.29, 1.82) is 0 Å². The van der Waals surface area contributed by atoms with Gasteiger partial charge in [0.1, 0.15) is 16.4 Å².